The molecule has 4 nitrogen and oxygen atoms in total. The zero-order chi connectivity index (χ0) is 13.4. The molecule has 2 amide bonds. The number of amides is 2. The minimum atomic E-state index is -0.149. The van der Waals surface area contributed by atoms with Crippen LogP contribution in [0, 0.1) is 0 Å². The summed E-state index contributed by atoms with van der Waals surface area (Å²) in [7, 11) is 0. The van der Waals surface area contributed by atoms with Crippen molar-refractivity contribution < 1.29 is 9.90 Å². The molecular weight excluding hydrogens is 248 g/mol. The molecule has 0 fully saturated rings. The predicted octanol–water partition coefficient (Wildman–Crippen LogP) is 2.33. The lowest BCUT2D eigenvalue weighted by molar-refractivity contribution is 0.237. The second-order valence-corrected chi connectivity index (χ2v) is 4.96. The largest absolute Gasteiger partial charge is 0.508 e. The number of hydrogen-bond donors (Lipinski definition) is 3. The quantitative estimate of drug-likeness (QED) is 0.742. The van der Waals surface area contributed by atoms with Gasteiger partial charge in [0.05, 0.1) is 0 Å². The molecule has 0 aliphatic rings. The van der Waals surface area contributed by atoms with Gasteiger partial charge in [-0.15, -0.1) is 0 Å². The molecule has 3 N–H and O–H groups in total. The molecule has 1 atom stereocenters. The smallest absolute Gasteiger partial charge is 0.315 e. The van der Waals surface area contributed by atoms with Gasteiger partial charge in [0.1, 0.15) is 5.75 Å². The lowest BCUT2D eigenvalue weighted by Crippen LogP contribution is -2.42. The Kier molecular flexibility index (Phi) is 6.43. The monoisotopic (exact) mass is 268 g/mol. The number of nitrogens with one attached hydrogen (secondary N) is 2. The van der Waals surface area contributed by atoms with Gasteiger partial charge < -0.3 is 15.7 Å². The summed E-state index contributed by atoms with van der Waals surface area (Å²) in [5.41, 5.74) is 0.959. The molecule has 0 spiro atoms. The first-order chi connectivity index (χ1) is 8.65. The van der Waals surface area contributed by atoms with E-state index in [1.165, 1.54) is 0 Å². The highest BCUT2D eigenvalue weighted by Gasteiger charge is 2.08. The Morgan fingerprint density at radius 3 is 2.61 bits per heavy atom. The molecule has 0 heterocycles. The number of urea groups is 1. The molecule has 0 saturated carbocycles. The summed E-state index contributed by atoms with van der Waals surface area (Å²) in [5, 5.41) is 14.9. The molecule has 0 aromatic heterocycles. The van der Waals surface area contributed by atoms with E-state index in [1.54, 1.807) is 36.0 Å². The summed E-state index contributed by atoms with van der Waals surface area (Å²) >= 11 is 1.72. The Morgan fingerprint density at radius 1 is 1.39 bits per heavy atom. The molecule has 0 saturated heterocycles. The summed E-state index contributed by atoms with van der Waals surface area (Å²) in [5.74, 6) is 1.15. The van der Waals surface area contributed by atoms with Gasteiger partial charge in [-0.25, -0.2) is 4.79 Å². The number of hydrogen-bond acceptors (Lipinski definition) is 3. The fourth-order valence-corrected chi connectivity index (χ4v) is 2.22. The molecule has 0 aliphatic heterocycles. The van der Waals surface area contributed by atoms with Gasteiger partial charge in [-0.05, 0) is 30.4 Å². The van der Waals surface area contributed by atoms with Gasteiger partial charge in [0, 0.05) is 18.3 Å². The molecule has 1 aromatic carbocycles. The van der Waals surface area contributed by atoms with Crippen LogP contribution in [0.15, 0.2) is 24.3 Å². The Labute approximate surface area is 112 Å². The van der Waals surface area contributed by atoms with Gasteiger partial charge in [0.25, 0.3) is 0 Å². The van der Waals surface area contributed by atoms with E-state index in [9.17, 15) is 4.79 Å². The fraction of sp³-hybridized carbons (Fsp3) is 0.462. The molecule has 1 rings (SSSR count). The van der Waals surface area contributed by atoms with Gasteiger partial charge >= 0.3 is 6.03 Å². The van der Waals surface area contributed by atoms with E-state index in [1.807, 2.05) is 6.26 Å². The second-order valence-electron chi connectivity index (χ2n) is 4.05. The lowest BCUT2D eigenvalue weighted by atomic mass is 10.2. The molecule has 0 radical (unpaired) electrons. The highest BCUT2D eigenvalue weighted by Crippen LogP contribution is 2.09. The normalized spacial score (nSPS) is 11.9. The van der Waals surface area contributed by atoms with Gasteiger partial charge in [-0.3, -0.25) is 0 Å². The van der Waals surface area contributed by atoms with Gasteiger partial charge in [-0.2, -0.15) is 11.8 Å². The van der Waals surface area contributed by atoms with Crippen molar-refractivity contribution in [1.82, 2.24) is 10.6 Å². The van der Waals surface area contributed by atoms with Gasteiger partial charge in [-0.1, -0.05) is 19.1 Å². The molecular formula is C13H20N2O2S. The number of carbonyl (C=O) groups excluding carboxylic acids is 1. The van der Waals surface area contributed by atoms with Crippen LogP contribution in [0.2, 0.25) is 0 Å². The van der Waals surface area contributed by atoms with E-state index < -0.39 is 0 Å². The Morgan fingerprint density at radius 2 is 2.06 bits per heavy atom. The molecule has 100 valence electrons. The van der Waals surface area contributed by atoms with Crippen LogP contribution in [-0.2, 0) is 6.54 Å². The number of phenolic OH excluding ortho intramolecular Hbond substituents is 1. The number of benzene rings is 1. The summed E-state index contributed by atoms with van der Waals surface area (Å²) < 4.78 is 0. The third kappa shape index (κ3) is 5.31. The number of carbonyl (C=O) groups is 1. The third-order valence-electron chi connectivity index (χ3n) is 2.59. The van der Waals surface area contributed by atoms with Crippen LogP contribution in [0.3, 0.4) is 0 Å². The molecule has 18 heavy (non-hydrogen) atoms. The number of phenols is 1. The Hall–Kier alpha value is -1.36. The van der Waals surface area contributed by atoms with Crippen LogP contribution >= 0.6 is 11.8 Å². The molecule has 0 unspecified atom stereocenters. The van der Waals surface area contributed by atoms with Gasteiger partial charge in [0.15, 0.2) is 0 Å². The Bertz CT molecular complexity index is 368. The van der Waals surface area contributed by atoms with E-state index in [0.29, 0.717) is 6.54 Å². The summed E-state index contributed by atoms with van der Waals surface area (Å²) in [6, 6.07) is 6.85. The number of rotatable bonds is 6. The van der Waals surface area contributed by atoms with Gasteiger partial charge in [0.2, 0.25) is 0 Å². The topological polar surface area (TPSA) is 61.4 Å². The third-order valence-corrected chi connectivity index (χ3v) is 3.32. The van der Waals surface area contributed by atoms with E-state index >= 15 is 0 Å². The highest BCUT2D eigenvalue weighted by atomic mass is 32.2. The van der Waals surface area contributed by atoms with Crippen molar-refractivity contribution >= 4 is 17.8 Å². The van der Waals surface area contributed by atoms with Crippen LogP contribution in [-0.4, -0.2) is 29.2 Å². The first-order valence-electron chi connectivity index (χ1n) is 5.97. The van der Waals surface area contributed by atoms with E-state index in [4.69, 9.17) is 5.11 Å². The zero-order valence-electron chi connectivity index (χ0n) is 10.8. The van der Waals surface area contributed by atoms with Crippen molar-refractivity contribution in [3.8, 4) is 5.75 Å². The summed E-state index contributed by atoms with van der Waals surface area (Å²) in [6.45, 7) is 2.52. The summed E-state index contributed by atoms with van der Waals surface area (Å²) in [4.78, 5) is 11.6. The van der Waals surface area contributed by atoms with Crippen LogP contribution < -0.4 is 10.6 Å². The second kappa shape index (κ2) is 7.87. The first kappa shape index (κ1) is 14.7. The lowest BCUT2D eigenvalue weighted by Gasteiger charge is -2.16. The van der Waals surface area contributed by atoms with Crippen LogP contribution in [0.25, 0.3) is 0 Å². The maximum Gasteiger partial charge on any atom is 0.315 e. The predicted molar refractivity (Wildman–Crippen MR) is 75.9 cm³/mol. The fourth-order valence-electron chi connectivity index (χ4n) is 1.50. The van der Waals surface area contributed by atoms with Crippen molar-refractivity contribution in [3.63, 3.8) is 0 Å². The van der Waals surface area contributed by atoms with Crippen LogP contribution in [0.4, 0.5) is 4.79 Å². The minimum Gasteiger partial charge on any atom is -0.508 e. The number of aromatic hydroxyl groups is 1. The van der Waals surface area contributed by atoms with E-state index in [2.05, 4.69) is 17.6 Å². The van der Waals surface area contributed by atoms with Crippen LogP contribution in [0.5, 0.6) is 5.75 Å². The van der Waals surface area contributed by atoms with Crippen molar-refractivity contribution in [1.29, 1.82) is 0 Å². The van der Waals surface area contributed by atoms with Crippen LogP contribution in [0.1, 0.15) is 18.9 Å². The molecule has 0 bridgehead atoms. The molecule has 5 heteroatoms. The average Bonchev–Trinajstić information content (AvgIpc) is 2.37. The van der Waals surface area contributed by atoms with Crippen molar-refractivity contribution in [2.75, 3.05) is 12.0 Å². The Balaban J connectivity index is 2.34. The summed E-state index contributed by atoms with van der Waals surface area (Å²) in [6.07, 6.45) is 2.95. The van der Waals surface area contributed by atoms with Crippen molar-refractivity contribution in [3.05, 3.63) is 29.8 Å². The maximum atomic E-state index is 11.6. The molecule has 1 aromatic rings. The maximum absolute atomic E-state index is 11.6. The van der Waals surface area contributed by atoms with Crippen molar-refractivity contribution in [2.24, 2.45) is 0 Å². The SMILES string of the molecule is CC[C@@H](CSC)NC(=O)NCc1ccc(O)cc1. The zero-order valence-corrected chi connectivity index (χ0v) is 11.6. The van der Waals surface area contributed by atoms with Crippen molar-refractivity contribution in [2.45, 2.75) is 25.9 Å². The van der Waals surface area contributed by atoms with E-state index in [-0.39, 0.29) is 17.8 Å². The standard InChI is InChI=1S/C13H20N2O2S/c1-3-11(9-18-2)15-13(17)14-8-10-4-6-12(16)7-5-10/h4-7,11,16H,3,8-9H2,1-2H3,(H2,14,15,17)/t11-/m0/s1. The number of thioether (sulfide) groups is 1. The molecule has 0 aliphatic carbocycles. The van der Waals surface area contributed by atoms with E-state index in [0.717, 1.165) is 17.7 Å². The average molecular weight is 268 g/mol. The highest BCUT2D eigenvalue weighted by molar-refractivity contribution is 7.98. The minimum absolute atomic E-state index is 0.149. The first-order valence-corrected chi connectivity index (χ1v) is 7.36.